The van der Waals surface area contributed by atoms with Gasteiger partial charge in [0.15, 0.2) is 11.6 Å². The number of ether oxygens (including phenoxy) is 2. The molecule has 0 radical (unpaired) electrons. The summed E-state index contributed by atoms with van der Waals surface area (Å²) in [7, 11) is 0. The maximum absolute atomic E-state index is 11.7. The van der Waals surface area contributed by atoms with Gasteiger partial charge in [-0.2, -0.15) is 0 Å². The van der Waals surface area contributed by atoms with Crippen LogP contribution in [0.4, 0.5) is 0 Å². The van der Waals surface area contributed by atoms with Crippen LogP contribution in [0.2, 0.25) is 0 Å². The van der Waals surface area contributed by atoms with E-state index in [-0.39, 0.29) is 142 Å². The first-order valence-corrected chi connectivity index (χ1v) is 39.3. The van der Waals surface area contributed by atoms with Crippen LogP contribution in [0.3, 0.4) is 0 Å². The number of Topliss-reactive ketones (excluding diaryl/α,β-unsaturated/α-hetero) is 11. The summed E-state index contributed by atoms with van der Waals surface area (Å²) in [6, 6.07) is 36.5. The number of aliphatic carboxylic acids is 6. The summed E-state index contributed by atoms with van der Waals surface area (Å²) >= 11 is 1.36. The van der Waals surface area contributed by atoms with E-state index < -0.39 is 89.6 Å². The highest BCUT2D eigenvalue weighted by Gasteiger charge is 2.20. The number of aryl methyl sites for hydroxylation is 3. The van der Waals surface area contributed by atoms with Gasteiger partial charge in [0.05, 0.1) is 31.6 Å². The van der Waals surface area contributed by atoms with Crippen LogP contribution in [-0.2, 0) is 144 Å². The first kappa shape index (κ1) is 107. The summed E-state index contributed by atoms with van der Waals surface area (Å²) in [5.41, 5.74) is 40.7. The quantitative estimate of drug-likeness (QED) is 0.00648. The van der Waals surface area contributed by atoms with Crippen LogP contribution in [-0.4, -0.2) is 191 Å². The van der Waals surface area contributed by atoms with Crippen molar-refractivity contribution >= 4 is 117 Å². The summed E-state index contributed by atoms with van der Waals surface area (Å²) in [6.07, 6.45) is 5.04. The molecule has 0 amide bonds. The Balaban J connectivity index is 0.000000727. The lowest BCUT2D eigenvalue weighted by molar-refractivity contribution is -0.146. The van der Waals surface area contributed by atoms with E-state index in [4.69, 9.17) is 74.5 Å². The molecule has 0 aliphatic rings. The minimum Gasteiger partial charge on any atom is -0.486 e. The van der Waals surface area contributed by atoms with E-state index in [2.05, 4.69) is 0 Å². The smallest absolute Gasteiger partial charge is 0.320 e. The molecule has 33 heteroatoms. The van der Waals surface area contributed by atoms with Crippen LogP contribution in [0.25, 0.3) is 0 Å². The van der Waals surface area contributed by atoms with E-state index in [1.807, 2.05) is 72.8 Å². The molecule has 654 valence electrons. The van der Waals surface area contributed by atoms with Crippen LogP contribution in [0.5, 0.6) is 5.75 Å². The Hall–Kier alpha value is -12.1. The molecule has 0 saturated heterocycles. The normalized spacial score (nSPS) is 11.8. The second kappa shape index (κ2) is 58.7. The predicted molar refractivity (Wildman–Crippen MR) is 447 cm³/mol. The molecule has 18 N–H and O–H groups in total. The van der Waals surface area contributed by atoms with Gasteiger partial charge in [0.1, 0.15) is 101 Å². The van der Waals surface area contributed by atoms with Gasteiger partial charge >= 0.3 is 41.8 Å². The van der Waals surface area contributed by atoms with Gasteiger partial charge in [-0.1, -0.05) is 128 Å². The molecule has 0 saturated carbocycles. The van der Waals surface area contributed by atoms with Gasteiger partial charge in [0.25, 0.3) is 0 Å². The lowest BCUT2D eigenvalue weighted by atomic mass is 10.0. The van der Waals surface area contributed by atoms with Crippen LogP contribution < -0.4 is 39.1 Å². The van der Waals surface area contributed by atoms with Crippen LogP contribution in [0.15, 0.2) is 150 Å². The number of esters is 1. The molecule has 6 unspecified atom stereocenters. The van der Waals surface area contributed by atoms with Gasteiger partial charge in [-0.05, 0) is 160 Å². The number of hydrogen-bond donors (Lipinski definition) is 12. The molecule has 0 spiro atoms. The fraction of sp³-hybridized carbons (Fsp3) is 0.386. The molecule has 0 aliphatic heterocycles. The maximum Gasteiger partial charge on any atom is 0.320 e. The van der Waals surface area contributed by atoms with Gasteiger partial charge in [0.2, 0.25) is 5.78 Å². The van der Waals surface area contributed by atoms with Crippen molar-refractivity contribution in [2.24, 2.45) is 34.4 Å². The highest BCUT2D eigenvalue weighted by molar-refractivity contribution is 8.00. The van der Waals surface area contributed by atoms with Crippen molar-refractivity contribution in [3.05, 3.63) is 201 Å². The van der Waals surface area contributed by atoms with E-state index >= 15 is 0 Å². The Morgan fingerprint density at radius 2 is 0.595 bits per heavy atom. The number of carbonyl (C=O) groups is 18. The Morgan fingerprint density at radius 1 is 0.322 bits per heavy atom. The molecule has 6 atom stereocenters. The second-order valence-electron chi connectivity index (χ2n) is 28.0. The summed E-state index contributed by atoms with van der Waals surface area (Å²) in [5.74, 6) is -7.91. The average Bonchev–Trinajstić information content (AvgIpc) is 0.874. The SMILES string of the molecule is CC(=O)C(=O)c1ccc(CC(N)C(=O)O)cc1.CC(=O)CC(=O)CCc1ccc(CC(N)C(=O)O)cc1.CC(=O)CC(=O)COc1ccc(CC(N)C(=O)O)cc1.CC(=O)CC(=O)CSc1ccc(CC(N)C(=O)O)cc1.CCC(=O)CCC(=O)CCc1ccc(CC(N)C(=O)O)cc1.CCOC(=O)CC(=O)CCc1ccc(CC(N)C(=O)O)cc1. The summed E-state index contributed by atoms with van der Waals surface area (Å²) in [5, 5.41) is 52.3. The molecular weight excluding hydrogens is 1590 g/mol. The zero-order chi connectivity index (χ0) is 91.4. The molecule has 0 bridgehead atoms. The Morgan fingerprint density at radius 3 is 0.901 bits per heavy atom. The number of carbonyl (C=O) groups excluding carboxylic acids is 12. The third kappa shape index (κ3) is 50.4. The minimum atomic E-state index is -1.08. The van der Waals surface area contributed by atoms with Crippen molar-refractivity contribution in [2.75, 3.05) is 19.0 Å². The number of rotatable bonds is 48. The highest BCUT2D eigenvalue weighted by Crippen LogP contribution is 2.21. The second-order valence-corrected chi connectivity index (χ2v) is 29.0. The van der Waals surface area contributed by atoms with Gasteiger partial charge in [0, 0.05) is 55.9 Å². The maximum atomic E-state index is 11.7. The van der Waals surface area contributed by atoms with E-state index in [0.29, 0.717) is 68.2 Å². The van der Waals surface area contributed by atoms with E-state index in [9.17, 15) is 86.3 Å². The number of carboxylic acids is 6. The molecule has 0 heterocycles. The zero-order valence-corrected chi connectivity index (χ0v) is 69.4. The molecule has 6 aromatic carbocycles. The van der Waals surface area contributed by atoms with Gasteiger partial charge in [-0.3, -0.25) is 86.3 Å². The number of benzene rings is 6. The molecule has 0 aromatic heterocycles. The van der Waals surface area contributed by atoms with Crippen LogP contribution in [0.1, 0.15) is 166 Å². The number of hydrogen-bond acceptors (Lipinski definition) is 27. The molecule has 6 rings (SSSR count). The molecule has 0 aliphatic carbocycles. The molecule has 6 aromatic rings. The molecule has 0 fully saturated rings. The van der Waals surface area contributed by atoms with Crippen molar-refractivity contribution in [3.8, 4) is 5.75 Å². The zero-order valence-electron chi connectivity index (χ0n) is 68.6. The number of carboxylic acid groups (broad SMARTS) is 6. The third-order valence-electron chi connectivity index (χ3n) is 17.0. The first-order valence-electron chi connectivity index (χ1n) is 38.4. The average molecular weight is 1700 g/mol. The van der Waals surface area contributed by atoms with Crippen molar-refractivity contribution in [1.82, 2.24) is 0 Å². The summed E-state index contributed by atoms with van der Waals surface area (Å²) in [4.78, 5) is 199. The van der Waals surface area contributed by atoms with E-state index in [0.717, 1.165) is 49.4 Å². The third-order valence-corrected chi connectivity index (χ3v) is 18.1. The van der Waals surface area contributed by atoms with Gasteiger partial charge in [-0.15, -0.1) is 11.8 Å². The Labute approximate surface area is 705 Å². The number of nitrogens with two attached hydrogens (primary N) is 6. The Kier molecular flexibility index (Phi) is 51.9. The monoisotopic (exact) mass is 1700 g/mol. The van der Waals surface area contributed by atoms with E-state index in [1.54, 1.807) is 74.5 Å². The lowest BCUT2D eigenvalue weighted by Gasteiger charge is -2.08. The minimum absolute atomic E-state index is 0.00838. The molecule has 121 heavy (non-hydrogen) atoms. The van der Waals surface area contributed by atoms with Crippen LogP contribution >= 0.6 is 11.8 Å². The molecular formula is C88H110N6O26S. The Bertz CT molecular complexity index is 4220. The lowest BCUT2D eigenvalue weighted by Crippen LogP contribution is -2.32. The fourth-order valence-electron chi connectivity index (χ4n) is 10.3. The first-order chi connectivity index (χ1) is 56.9. The summed E-state index contributed by atoms with van der Waals surface area (Å²) in [6.45, 7) is 8.95. The van der Waals surface area contributed by atoms with Gasteiger partial charge in [-0.25, -0.2) is 0 Å². The van der Waals surface area contributed by atoms with Crippen molar-refractivity contribution in [3.63, 3.8) is 0 Å². The van der Waals surface area contributed by atoms with Crippen molar-refractivity contribution < 1.29 is 126 Å². The van der Waals surface area contributed by atoms with Crippen molar-refractivity contribution in [2.45, 2.75) is 205 Å². The fourth-order valence-corrected chi connectivity index (χ4v) is 11.0. The largest absolute Gasteiger partial charge is 0.486 e. The van der Waals surface area contributed by atoms with Crippen molar-refractivity contribution in [1.29, 1.82) is 0 Å². The number of thioether (sulfide) groups is 1. The van der Waals surface area contributed by atoms with E-state index in [1.165, 1.54) is 51.6 Å². The summed E-state index contributed by atoms with van der Waals surface area (Å²) < 4.78 is 9.94. The van der Waals surface area contributed by atoms with Crippen LogP contribution in [0, 0.1) is 0 Å². The predicted octanol–water partition coefficient (Wildman–Crippen LogP) is 6.38. The van der Waals surface area contributed by atoms with Gasteiger partial charge < -0.3 is 74.5 Å². The standard InChI is InChI=1S/C17H23NO4.C16H21NO5.C15H19NO4.C14H17NO5.C14H17NO4S.C12H13NO4/c1-2-14(19)9-10-15(20)8-7-12-3-5-13(6-4-12)11-16(18)17(21)22;1-2-22-15(19)10-13(18)8-7-11-3-5-12(6-4-11)9-14(17)16(20)21;1-10(17)8-13(18)7-6-11-2-4-12(5-3-11)9-14(16)15(19)20;2*1-9(16)6-11(17)8-20-12-4-2-10(3-5-12)7-13(15)14(18)19;1-7(14)11(15)9-4-2-8(3-5-9)6-10(13)12(16)17/h3-6,16H,2,7-11,18H2,1H3,(H,21,22);3-6,14H,2,7-10,17H2,1H3,(H,20,21);2-5,14H,6-9,16H2,1H3,(H,19,20);2*2-5,13H,6-8,15H2,1H3,(H,18,19);2-5,10H,6,13H2,1H3,(H,16,17). The highest BCUT2D eigenvalue weighted by atomic mass is 32.2. The molecule has 32 nitrogen and oxygen atoms in total. The number of ketones is 11. The topological polar surface area (TPSA) is 603 Å².